The molecule has 28 heavy (non-hydrogen) atoms. The normalized spacial score (nSPS) is 14.9. The van der Waals surface area contributed by atoms with Crippen molar-refractivity contribution in [3.63, 3.8) is 0 Å². The van der Waals surface area contributed by atoms with Gasteiger partial charge in [0.1, 0.15) is 0 Å². The first-order chi connectivity index (χ1) is 13.3. The van der Waals surface area contributed by atoms with E-state index in [-0.39, 0.29) is 22.6 Å². The molecule has 0 aliphatic carbocycles. The lowest BCUT2D eigenvalue weighted by molar-refractivity contribution is -0.386. The lowest BCUT2D eigenvalue weighted by Gasteiger charge is -2.09. The second-order valence-electron chi connectivity index (χ2n) is 5.88. The Morgan fingerprint density at radius 3 is 2.57 bits per heavy atom. The summed E-state index contributed by atoms with van der Waals surface area (Å²) in [5, 5.41) is 25.8. The predicted octanol–water partition coefficient (Wildman–Crippen LogP) is 2.75. The van der Waals surface area contributed by atoms with Crippen molar-refractivity contribution in [3.8, 4) is 11.5 Å². The molecule has 1 aliphatic heterocycles. The molecule has 9 heteroatoms. The first-order valence-corrected chi connectivity index (χ1v) is 8.10. The van der Waals surface area contributed by atoms with Gasteiger partial charge in [0.2, 0.25) is 5.75 Å². The molecule has 3 rings (SSSR count). The molecule has 0 saturated heterocycles. The number of nitrogens with zero attached hydrogens (tertiary/aromatic N) is 3. The SMILES string of the molecule is COc1cc(/C=C2/C(=O)N(C(=O)c3ccccc3)N=C2C)cc([N+](=O)[O-])c1O. The number of aromatic hydroxyl groups is 1. The number of ether oxygens (including phenoxy) is 1. The number of hydrogen-bond donors (Lipinski definition) is 1. The highest BCUT2D eigenvalue weighted by molar-refractivity contribution is 6.30. The number of phenols is 1. The summed E-state index contributed by atoms with van der Waals surface area (Å²) in [5.74, 6) is -1.96. The number of methoxy groups -OCH3 is 1. The molecule has 0 aromatic heterocycles. The highest BCUT2D eigenvalue weighted by atomic mass is 16.6. The Hall–Kier alpha value is -4.01. The van der Waals surface area contributed by atoms with E-state index < -0.39 is 28.2 Å². The van der Waals surface area contributed by atoms with Gasteiger partial charge >= 0.3 is 5.69 Å². The number of hydrazone groups is 1. The number of carbonyl (C=O) groups excluding carboxylic acids is 2. The zero-order chi connectivity index (χ0) is 20.4. The highest BCUT2D eigenvalue weighted by Gasteiger charge is 2.33. The molecule has 1 heterocycles. The minimum Gasteiger partial charge on any atom is -0.500 e. The fourth-order valence-electron chi connectivity index (χ4n) is 2.68. The van der Waals surface area contributed by atoms with Gasteiger partial charge in [0.05, 0.1) is 23.3 Å². The molecule has 0 spiro atoms. The molecule has 2 aromatic rings. The molecule has 9 nitrogen and oxygen atoms in total. The summed E-state index contributed by atoms with van der Waals surface area (Å²) in [7, 11) is 1.25. The monoisotopic (exact) mass is 381 g/mol. The van der Waals surface area contributed by atoms with Crippen molar-refractivity contribution in [2.75, 3.05) is 7.11 Å². The summed E-state index contributed by atoms with van der Waals surface area (Å²) in [6, 6.07) is 10.7. The molecule has 0 unspecified atom stereocenters. The van der Waals surface area contributed by atoms with Crippen molar-refractivity contribution in [1.82, 2.24) is 5.01 Å². The van der Waals surface area contributed by atoms with E-state index in [2.05, 4.69) is 5.10 Å². The maximum absolute atomic E-state index is 12.7. The third-order valence-corrected chi connectivity index (χ3v) is 4.08. The van der Waals surface area contributed by atoms with Gasteiger partial charge in [-0.05, 0) is 36.8 Å². The Balaban J connectivity index is 1.99. The van der Waals surface area contributed by atoms with Crippen LogP contribution in [0.4, 0.5) is 5.69 Å². The van der Waals surface area contributed by atoms with Gasteiger partial charge < -0.3 is 9.84 Å². The molecule has 2 amide bonds. The van der Waals surface area contributed by atoms with Crippen LogP contribution >= 0.6 is 0 Å². The number of nitro benzene ring substituents is 1. The lowest BCUT2D eigenvalue weighted by atomic mass is 10.1. The average Bonchev–Trinajstić information content (AvgIpc) is 2.97. The third-order valence-electron chi connectivity index (χ3n) is 4.08. The number of imide groups is 1. The summed E-state index contributed by atoms with van der Waals surface area (Å²) in [6.07, 6.45) is 1.36. The molecule has 0 saturated carbocycles. The van der Waals surface area contributed by atoms with Crippen molar-refractivity contribution in [2.45, 2.75) is 6.92 Å². The van der Waals surface area contributed by atoms with E-state index in [1.54, 1.807) is 37.3 Å². The summed E-state index contributed by atoms with van der Waals surface area (Å²) in [4.78, 5) is 35.6. The van der Waals surface area contributed by atoms with Crippen LogP contribution in [0.25, 0.3) is 6.08 Å². The van der Waals surface area contributed by atoms with E-state index in [4.69, 9.17) is 4.74 Å². The van der Waals surface area contributed by atoms with Crippen LogP contribution in [-0.4, -0.2) is 39.7 Å². The van der Waals surface area contributed by atoms with E-state index in [1.165, 1.54) is 19.3 Å². The Morgan fingerprint density at radius 2 is 1.96 bits per heavy atom. The van der Waals surface area contributed by atoms with Crippen molar-refractivity contribution in [3.05, 3.63) is 69.3 Å². The molecular formula is C19H15N3O6. The lowest BCUT2D eigenvalue weighted by Crippen LogP contribution is -2.29. The zero-order valence-electron chi connectivity index (χ0n) is 14.9. The van der Waals surface area contributed by atoms with Gasteiger partial charge in [0.25, 0.3) is 11.8 Å². The van der Waals surface area contributed by atoms with Crippen molar-refractivity contribution >= 4 is 29.3 Å². The number of benzene rings is 2. The smallest absolute Gasteiger partial charge is 0.315 e. The first kappa shape index (κ1) is 18.8. The largest absolute Gasteiger partial charge is 0.500 e. The van der Waals surface area contributed by atoms with Crippen molar-refractivity contribution in [2.24, 2.45) is 5.10 Å². The molecule has 0 fully saturated rings. The summed E-state index contributed by atoms with van der Waals surface area (Å²) in [6.45, 7) is 1.55. The fraction of sp³-hybridized carbons (Fsp3) is 0.105. The molecule has 0 atom stereocenters. The van der Waals surface area contributed by atoms with Crippen molar-refractivity contribution in [1.29, 1.82) is 0 Å². The number of phenolic OH excluding ortho intramolecular Hbond substituents is 1. The molecule has 0 bridgehead atoms. The number of hydrogen-bond acceptors (Lipinski definition) is 7. The Morgan fingerprint density at radius 1 is 1.29 bits per heavy atom. The fourth-order valence-corrected chi connectivity index (χ4v) is 2.68. The third kappa shape index (κ3) is 3.32. The number of rotatable bonds is 4. The van der Waals surface area contributed by atoms with Crippen LogP contribution in [0, 0.1) is 10.1 Å². The van der Waals surface area contributed by atoms with Gasteiger partial charge in [-0.3, -0.25) is 19.7 Å². The van der Waals surface area contributed by atoms with Crippen LogP contribution in [0.15, 0.2) is 53.1 Å². The standard InChI is InChI=1S/C19H15N3O6/c1-11-14(8-12-9-15(22(26)27)17(23)16(10-12)28-2)19(25)21(20-11)18(24)13-6-4-3-5-7-13/h3-10,23H,1-2H3/b14-8+. The van der Waals surface area contributed by atoms with Crippen molar-refractivity contribution < 1.29 is 24.4 Å². The molecule has 2 aromatic carbocycles. The zero-order valence-corrected chi connectivity index (χ0v) is 14.9. The van der Waals surface area contributed by atoms with Gasteiger partial charge in [-0.1, -0.05) is 18.2 Å². The molecular weight excluding hydrogens is 366 g/mol. The Bertz CT molecular complexity index is 1040. The van der Waals surface area contributed by atoms with Gasteiger partial charge in [0.15, 0.2) is 5.75 Å². The molecule has 1 N–H and O–H groups in total. The summed E-state index contributed by atoms with van der Waals surface area (Å²) >= 11 is 0. The topological polar surface area (TPSA) is 122 Å². The maximum atomic E-state index is 12.7. The van der Waals surface area contributed by atoms with Gasteiger partial charge in [-0.2, -0.15) is 10.1 Å². The van der Waals surface area contributed by atoms with Gasteiger partial charge in [-0.25, -0.2) is 0 Å². The van der Waals surface area contributed by atoms with Crippen LogP contribution < -0.4 is 4.74 Å². The number of amides is 2. The minimum absolute atomic E-state index is 0.103. The van der Waals surface area contributed by atoms with Crippen LogP contribution in [0.3, 0.4) is 0 Å². The Kier molecular flexibility index (Phi) is 4.90. The first-order valence-electron chi connectivity index (χ1n) is 8.10. The van der Waals surface area contributed by atoms with E-state index in [0.29, 0.717) is 5.56 Å². The summed E-state index contributed by atoms with van der Waals surface area (Å²) < 4.78 is 4.95. The number of carbonyl (C=O) groups is 2. The minimum atomic E-state index is -0.761. The highest BCUT2D eigenvalue weighted by Crippen LogP contribution is 2.37. The van der Waals surface area contributed by atoms with E-state index in [9.17, 15) is 24.8 Å². The van der Waals surface area contributed by atoms with Crippen LogP contribution in [0.1, 0.15) is 22.8 Å². The maximum Gasteiger partial charge on any atom is 0.315 e. The van der Waals surface area contributed by atoms with Gasteiger partial charge in [0, 0.05) is 11.6 Å². The quantitative estimate of drug-likeness (QED) is 0.376. The van der Waals surface area contributed by atoms with E-state index >= 15 is 0 Å². The second kappa shape index (κ2) is 7.31. The molecule has 0 radical (unpaired) electrons. The second-order valence-corrected chi connectivity index (χ2v) is 5.88. The molecule has 142 valence electrons. The predicted molar refractivity (Wildman–Crippen MR) is 100 cm³/mol. The Labute approximate surface area is 159 Å². The van der Waals surface area contributed by atoms with Gasteiger partial charge in [-0.15, -0.1) is 0 Å². The van der Waals surface area contributed by atoms with E-state index in [0.717, 1.165) is 11.1 Å². The van der Waals surface area contributed by atoms with E-state index in [1.807, 2.05) is 0 Å². The van der Waals surface area contributed by atoms with Crippen LogP contribution in [-0.2, 0) is 4.79 Å². The summed E-state index contributed by atoms with van der Waals surface area (Å²) in [5.41, 5.74) is 0.364. The van der Waals surface area contributed by atoms with Crippen LogP contribution in [0.2, 0.25) is 0 Å². The molecule has 1 aliphatic rings. The van der Waals surface area contributed by atoms with Crippen LogP contribution in [0.5, 0.6) is 11.5 Å². The average molecular weight is 381 g/mol. The number of nitro groups is 1.